The van der Waals surface area contributed by atoms with Gasteiger partial charge in [0, 0.05) is 17.7 Å². The number of thioether (sulfide) groups is 2. The summed E-state index contributed by atoms with van der Waals surface area (Å²) in [6, 6.07) is 5.61. The lowest BCUT2D eigenvalue weighted by molar-refractivity contribution is 0.105. The molecular weight excluding hydrogens is 260 g/mol. The van der Waals surface area contributed by atoms with Crippen molar-refractivity contribution in [3.63, 3.8) is 0 Å². The number of thiocarbonyl (C=S) groups is 1. The van der Waals surface area contributed by atoms with Gasteiger partial charge in [0.1, 0.15) is 10.1 Å². The number of pyridine rings is 1. The van der Waals surface area contributed by atoms with E-state index in [0.29, 0.717) is 21.6 Å². The Hall–Kier alpha value is -0.300. The summed E-state index contributed by atoms with van der Waals surface area (Å²) in [5, 5.41) is 10.5. The number of anilines is 1. The molecule has 1 unspecified atom stereocenters. The van der Waals surface area contributed by atoms with E-state index in [1.807, 2.05) is 24.5 Å². The second kappa shape index (κ2) is 4.91. The van der Waals surface area contributed by atoms with Gasteiger partial charge in [-0.15, -0.1) is 0 Å². The van der Waals surface area contributed by atoms with Crippen molar-refractivity contribution in [1.29, 1.82) is 0 Å². The van der Waals surface area contributed by atoms with E-state index in [2.05, 4.69) is 4.98 Å². The van der Waals surface area contributed by atoms with Gasteiger partial charge in [-0.1, -0.05) is 30.0 Å². The van der Waals surface area contributed by atoms with Crippen LogP contribution in [0.1, 0.15) is 0 Å². The number of aliphatic hydroxyl groups is 1. The zero-order valence-electron chi connectivity index (χ0n) is 8.79. The molecule has 1 aromatic heterocycles. The predicted molar refractivity (Wildman–Crippen MR) is 75.1 cm³/mol. The van der Waals surface area contributed by atoms with Crippen molar-refractivity contribution in [2.75, 3.05) is 22.7 Å². The molecule has 0 amide bonds. The molecule has 2 rings (SSSR count). The Kier molecular flexibility index (Phi) is 3.73. The van der Waals surface area contributed by atoms with Gasteiger partial charge in [0.25, 0.3) is 0 Å². The first-order valence-electron chi connectivity index (χ1n) is 4.77. The zero-order chi connectivity index (χ0) is 11.6. The lowest BCUT2D eigenvalue weighted by Gasteiger charge is -2.32. The number of hydrogen-bond acceptors (Lipinski definition) is 5. The smallest absolute Gasteiger partial charge is 0.163 e. The van der Waals surface area contributed by atoms with E-state index in [-0.39, 0.29) is 0 Å². The monoisotopic (exact) mass is 272 g/mol. The number of hydrogen-bond donors (Lipinski definition) is 1. The summed E-state index contributed by atoms with van der Waals surface area (Å²) in [6.07, 6.45) is 3.68. The summed E-state index contributed by atoms with van der Waals surface area (Å²) in [6.45, 7) is 0. The highest BCUT2D eigenvalue weighted by atomic mass is 32.2. The molecule has 0 bridgehead atoms. The van der Waals surface area contributed by atoms with Crippen LogP contribution in [-0.2, 0) is 0 Å². The highest BCUT2D eigenvalue weighted by molar-refractivity contribution is 8.23. The van der Waals surface area contributed by atoms with Gasteiger partial charge in [-0.2, -0.15) is 11.8 Å². The van der Waals surface area contributed by atoms with Crippen molar-refractivity contribution < 1.29 is 5.11 Å². The summed E-state index contributed by atoms with van der Waals surface area (Å²) >= 11 is 8.37. The van der Waals surface area contributed by atoms with Gasteiger partial charge in [0.05, 0.1) is 0 Å². The molecule has 1 fully saturated rings. The van der Waals surface area contributed by atoms with E-state index in [9.17, 15) is 5.11 Å². The first-order valence-corrected chi connectivity index (χ1v) is 7.55. The SMILES string of the molecule is CSCC1(O)CSC(=S)N1c1ccccn1. The third-order valence-corrected chi connectivity index (χ3v) is 4.60. The Morgan fingerprint density at radius 3 is 3.12 bits per heavy atom. The molecule has 0 aromatic carbocycles. The minimum absolute atomic E-state index is 0.600. The molecule has 16 heavy (non-hydrogen) atoms. The summed E-state index contributed by atoms with van der Waals surface area (Å²) in [4.78, 5) is 6.00. The fourth-order valence-electron chi connectivity index (χ4n) is 1.61. The second-order valence-electron chi connectivity index (χ2n) is 3.49. The fourth-order valence-corrected chi connectivity index (χ4v) is 3.85. The summed E-state index contributed by atoms with van der Waals surface area (Å²) in [5.41, 5.74) is -0.907. The van der Waals surface area contributed by atoms with Gasteiger partial charge in [0.2, 0.25) is 0 Å². The van der Waals surface area contributed by atoms with Crippen molar-refractivity contribution in [2.45, 2.75) is 5.72 Å². The molecule has 1 aromatic rings. The standard InChI is InChI=1S/C10H12N2OS3/c1-15-6-10(13)7-16-9(14)12(10)8-4-2-3-5-11-8/h2-5,13H,6-7H2,1H3. The quantitative estimate of drug-likeness (QED) is 0.848. The first-order chi connectivity index (χ1) is 7.67. The molecule has 1 aliphatic rings. The molecule has 1 aliphatic heterocycles. The van der Waals surface area contributed by atoms with Gasteiger partial charge in [0.15, 0.2) is 5.72 Å². The van der Waals surface area contributed by atoms with Crippen LogP contribution in [0.5, 0.6) is 0 Å². The maximum atomic E-state index is 10.5. The molecule has 2 heterocycles. The molecule has 1 atom stereocenters. The topological polar surface area (TPSA) is 36.4 Å². The van der Waals surface area contributed by atoms with Gasteiger partial charge in [-0.05, 0) is 18.4 Å². The highest BCUT2D eigenvalue weighted by Gasteiger charge is 2.43. The maximum Gasteiger partial charge on any atom is 0.163 e. The van der Waals surface area contributed by atoms with Crippen molar-refractivity contribution in [3.05, 3.63) is 24.4 Å². The van der Waals surface area contributed by atoms with Crippen LogP contribution in [0.3, 0.4) is 0 Å². The fraction of sp³-hybridized carbons (Fsp3) is 0.400. The van der Waals surface area contributed by atoms with Crippen molar-refractivity contribution >= 4 is 45.9 Å². The number of nitrogens with zero attached hydrogens (tertiary/aromatic N) is 2. The van der Waals surface area contributed by atoms with Gasteiger partial charge in [-0.25, -0.2) is 4.98 Å². The van der Waals surface area contributed by atoms with Crippen LogP contribution in [0, 0.1) is 0 Å². The Bertz CT molecular complexity index is 387. The normalized spacial score (nSPS) is 25.1. The Balaban J connectivity index is 2.33. The van der Waals surface area contributed by atoms with Gasteiger partial charge in [-0.3, -0.25) is 4.90 Å². The van der Waals surface area contributed by atoms with E-state index in [1.165, 1.54) is 11.8 Å². The largest absolute Gasteiger partial charge is 0.369 e. The molecule has 0 aliphatic carbocycles. The van der Waals surface area contributed by atoms with Crippen LogP contribution >= 0.6 is 35.7 Å². The molecule has 0 saturated carbocycles. The average molecular weight is 272 g/mol. The van der Waals surface area contributed by atoms with Crippen LogP contribution in [0.15, 0.2) is 24.4 Å². The van der Waals surface area contributed by atoms with Crippen LogP contribution in [-0.4, -0.2) is 37.9 Å². The zero-order valence-corrected chi connectivity index (χ0v) is 11.2. The van der Waals surface area contributed by atoms with E-state index >= 15 is 0 Å². The van der Waals surface area contributed by atoms with Crippen LogP contribution < -0.4 is 4.90 Å². The van der Waals surface area contributed by atoms with E-state index in [4.69, 9.17) is 12.2 Å². The Morgan fingerprint density at radius 2 is 2.50 bits per heavy atom. The van der Waals surface area contributed by atoms with Crippen molar-refractivity contribution in [3.8, 4) is 0 Å². The van der Waals surface area contributed by atoms with Crippen LogP contribution in [0.2, 0.25) is 0 Å². The highest BCUT2D eigenvalue weighted by Crippen LogP contribution is 2.36. The lowest BCUT2D eigenvalue weighted by atomic mass is 10.2. The van der Waals surface area contributed by atoms with Gasteiger partial charge >= 0.3 is 0 Å². The predicted octanol–water partition coefficient (Wildman–Crippen LogP) is 1.97. The van der Waals surface area contributed by atoms with Crippen LogP contribution in [0.4, 0.5) is 5.82 Å². The van der Waals surface area contributed by atoms with Gasteiger partial charge < -0.3 is 5.11 Å². The third-order valence-electron chi connectivity index (χ3n) is 2.28. The maximum absolute atomic E-state index is 10.5. The molecule has 86 valence electrons. The number of aromatic nitrogens is 1. The Labute approximate surface area is 109 Å². The van der Waals surface area contributed by atoms with Crippen LogP contribution in [0.25, 0.3) is 0 Å². The number of rotatable bonds is 3. The first kappa shape index (κ1) is 12.2. The summed E-state index contributed by atoms with van der Waals surface area (Å²) in [7, 11) is 0. The van der Waals surface area contributed by atoms with E-state index in [1.54, 1.807) is 22.9 Å². The molecule has 6 heteroatoms. The van der Waals surface area contributed by atoms with Crippen molar-refractivity contribution in [1.82, 2.24) is 4.98 Å². The molecular formula is C10H12N2OS3. The summed E-state index contributed by atoms with van der Waals surface area (Å²) < 4.78 is 0.690. The summed E-state index contributed by atoms with van der Waals surface area (Å²) in [5.74, 6) is 1.94. The third kappa shape index (κ3) is 2.20. The molecule has 1 N–H and O–H groups in total. The minimum Gasteiger partial charge on any atom is -0.369 e. The van der Waals surface area contributed by atoms with E-state index in [0.717, 1.165) is 0 Å². The Morgan fingerprint density at radius 1 is 1.69 bits per heavy atom. The average Bonchev–Trinajstić information content (AvgIpc) is 2.56. The molecule has 0 radical (unpaired) electrons. The van der Waals surface area contributed by atoms with Crippen molar-refractivity contribution in [2.24, 2.45) is 0 Å². The molecule has 1 saturated heterocycles. The second-order valence-corrected chi connectivity index (χ2v) is 5.97. The molecule has 3 nitrogen and oxygen atoms in total. The minimum atomic E-state index is -0.907. The molecule has 0 spiro atoms. The van der Waals surface area contributed by atoms with E-state index < -0.39 is 5.72 Å². The lowest BCUT2D eigenvalue weighted by Crippen LogP contribution is -2.50.